The number of hydrogen-bond acceptors (Lipinski definition) is 6. The summed E-state index contributed by atoms with van der Waals surface area (Å²) in [6.07, 6.45) is 1.44. The van der Waals surface area contributed by atoms with Crippen molar-refractivity contribution in [3.63, 3.8) is 0 Å². The normalized spacial score (nSPS) is 14.4. The van der Waals surface area contributed by atoms with Crippen LogP contribution >= 0.6 is 0 Å². The Kier molecular flexibility index (Phi) is 6.07. The molecule has 1 saturated heterocycles. The number of carbonyl (C=O) groups is 1. The molecule has 2 aromatic heterocycles. The van der Waals surface area contributed by atoms with E-state index in [1.807, 2.05) is 36.4 Å². The van der Waals surface area contributed by atoms with E-state index in [-0.39, 0.29) is 17.6 Å². The first kappa shape index (κ1) is 21.8. The highest BCUT2D eigenvalue weighted by Crippen LogP contribution is 2.25. The number of rotatable bonds is 6. The molecule has 0 aliphatic carbocycles. The number of hydrogen-bond donors (Lipinski definition) is 1. The Labute approximate surface area is 196 Å². The molecule has 0 atom stereocenters. The highest BCUT2D eigenvalue weighted by molar-refractivity contribution is 5.79. The summed E-state index contributed by atoms with van der Waals surface area (Å²) in [5, 5.41) is 16.0. The van der Waals surface area contributed by atoms with Crippen molar-refractivity contribution in [3.05, 3.63) is 72.0 Å². The molecule has 0 unspecified atom stereocenters. The molecule has 34 heavy (non-hydrogen) atoms. The van der Waals surface area contributed by atoms with Crippen molar-refractivity contribution in [2.45, 2.75) is 19.4 Å². The zero-order valence-corrected chi connectivity index (χ0v) is 18.8. The van der Waals surface area contributed by atoms with Crippen molar-refractivity contribution in [3.8, 4) is 17.1 Å². The zero-order valence-electron chi connectivity index (χ0n) is 18.8. The van der Waals surface area contributed by atoms with E-state index in [4.69, 9.17) is 4.74 Å². The van der Waals surface area contributed by atoms with Crippen LogP contribution in [0.1, 0.15) is 18.4 Å². The molecular formula is C25H25FN6O2. The summed E-state index contributed by atoms with van der Waals surface area (Å²) in [4.78, 5) is 14.9. The maximum atomic E-state index is 14.3. The number of fused-ring (bicyclic) bond motifs is 1. The lowest BCUT2D eigenvalue weighted by Crippen LogP contribution is -2.40. The van der Waals surface area contributed by atoms with Crippen LogP contribution in [-0.2, 0) is 11.3 Å². The molecule has 9 heteroatoms. The van der Waals surface area contributed by atoms with Gasteiger partial charge in [0.15, 0.2) is 11.5 Å². The fourth-order valence-electron chi connectivity index (χ4n) is 4.30. The number of aromatic nitrogens is 4. The number of ether oxygens (including phenoxy) is 1. The number of halogens is 1. The lowest BCUT2D eigenvalue weighted by Gasteiger charge is -2.32. The number of benzene rings is 2. The van der Waals surface area contributed by atoms with Gasteiger partial charge >= 0.3 is 0 Å². The third-order valence-corrected chi connectivity index (χ3v) is 6.20. The molecule has 2 aromatic carbocycles. The maximum absolute atomic E-state index is 14.3. The Morgan fingerprint density at radius 3 is 2.62 bits per heavy atom. The molecular weight excluding hydrogens is 435 g/mol. The second-order valence-corrected chi connectivity index (χ2v) is 8.26. The average molecular weight is 461 g/mol. The number of piperidine rings is 1. The molecule has 0 radical (unpaired) electrons. The smallest absolute Gasteiger partial charge is 0.223 e. The van der Waals surface area contributed by atoms with Crippen LogP contribution in [0.2, 0.25) is 0 Å². The lowest BCUT2D eigenvalue weighted by molar-refractivity contribution is -0.125. The van der Waals surface area contributed by atoms with Gasteiger partial charge in [-0.1, -0.05) is 30.3 Å². The number of nitrogens with one attached hydrogen (secondary N) is 1. The van der Waals surface area contributed by atoms with Gasteiger partial charge in [-0.15, -0.1) is 15.3 Å². The first-order chi connectivity index (χ1) is 16.6. The van der Waals surface area contributed by atoms with Crippen molar-refractivity contribution in [1.29, 1.82) is 0 Å². The van der Waals surface area contributed by atoms with Crippen molar-refractivity contribution in [2.75, 3.05) is 25.1 Å². The van der Waals surface area contributed by atoms with Gasteiger partial charge in [-0.05, 0) is 43.2 Å². The van der Waals surface area contributed by atoms with Crippen LogP contribution in [0, 0.1) is 11.7 Å². The summed E-state index contributed by atoms with van der Waals surface area (Å²) < 4.78 is 21.2. The van der Waals surface area contributed by atoms with Gasteiger partial charge in [-0.2, -0.15) is 4.52 Å². The van der Waals surface area contributed by atoms with Crippen LogP contribution < -0.4 is 15.0 Å². The molecule has 3 heterocycles. The van der Waals surface area contributed by atoms with Gasteiger partial charge in [0.1, 0.15) is 17.4 Å². The average Bonchev–Trinajstić information content (AvgIpc) is 3.31. The van der Waals surface area contributed by atoms with Crippen LogP contribution in [0.3, 0.4) is 0 Å². The predicted molar refractivity (Wildman–Crippen MR) is 126 cm³/mol. The highest BCUT2D eigenvalue weighted by Gasteiger charge is 2.26. The molecule has 0 bridgehead atoms. The van der Waals surface area contributed by atoms with Gasteiger partial charge < -0.3 is 15.0 Å². The van der Waals surface area contributed by atoms with Crippen molar-refractivity contribution >= 4 is 17.4 Å². The number of methoxy groups -OCH3 is 1. The summed E-state index contributed by atoms with van der Waals surface area (Å²) in [6, 6.07) is 17.8. The van der Waals surface area contributed by atoms with Gasteiger partial charge in [-0.3, -0.25) is 4.79 Å². The predicted octanol–water partition coefficient (Wildman–Crippen LogP) is 3.47. The van der Waals surface area contributed by atoms with Gasteiger partial charge in [0.2, 0.25) is 5.91 Å². The molecule has 1 aliphatic heterocycles. The molecule has 0 spiro atoms. The molecule has 5 rings (SSSR count). The van der Waals surface area contributed by atoms with E-state index in [0.717, 1.165) is 30.0 Å². The number of carbonyl (C=O) groups excluding carboxylic acids is 1. The van der Waals surface area contributed by atoms with Crippen molar-refractivity contribution in [2.24, 2.45) is 5.92 Å². The third-order valence-electron chi connectivity index (χ3n) is 6.20. The van der Waals surface area contributed by atoms with E-state index in [2.05, 4.69) is 25.5 Å². The van der Waals surface area contributed by atoms with Crippen LogP contribution in [0.25, 0.3) is 17.0 Å². The monoisotopic (exact) mass is 460 g/mol. The Morgan fingerprint density at radius 2 is 1.82 bits per heavy atom. The Morgan fingerprint density at radius 1 is 1.06 bits per heavy atom. The first-order valence-electron chi connectivity index (χ1n) is 11.3. The maximum Gasteiger partial charge on any atom is 0.223 e. The number of nitrogens with zero attached hydrogens (tertiary/aromatic N) is 5. The molecule has 4 aromatic rings. The minimum Gasteiger partial charge on any atom is -0.496 e. The van der Waals surface area contributed by atoms with Gasteiger partial charge in [-0.25, -0.2) is 4.39 Å². The summed E-state index contributed by atoms with van der Waals surface area (Å²) in [7, 11) is 1.63. The Balaban J connectivity index is 1.25. The number of anilines is 1. The SMILES string of the molecule is COc1ccccc1CNC(=O)C1CCN(c2ccc3nnc(-c4ccccc4F)n3n2)CC1. The summed E-state index contributed by atoms with van der Waals surface area (Å²) in [6.45, 7) is 1.83. The lowest BCUT2D eigenvalue weighted by atomic mass is 9.96. The fourth-order valence-corrected chi connectivity index (χ4v) is 4.30. The van der Waals surface area contributed by atoms with Crippen LogP contribution in [0.5, 0.6) is 5.75 Å². The standard InChI is InChI=1S/C25H25FN6O2/c1-34-21-9-5-2-6-18(21)16-27-25(33)17-12-14-31(15-13-17)23-11-10-22-28-29-24(32(22)30-23)19-7-3-4-8-20(19)26/h2-11,17H,12-16H2,1H3,(H,27,33). The Bertz CT molecular complexity index is 1320. The zero-order chi connectivity index (χ0) is 23.5. The first-order valence-corrected chi connectivity index (χ1v) is 11.3. The van der Waals surface area contributed by atoms with Gasteiger partial charge in [0.25, 0.3) is 0 Å². The molecule has 1 N–H and O–H groups in total. The minimum atomic E-state index is -0.371. The van der Waals surface area contributed by atoms with E-state index in [1.54, 1.807) is 29.8 Å². The second-order valence-electron chi connectivity index (χ2n) is 8.26. The quantitative estimate of drug-likeness (QED) is 0.474. The molecule has 8 nitrogen and oxygen atoms in total. The van der Waals surface area contributed by atoms with E-state index >= 15 is 0 Å². The van der Waals surface area contributed by atoms with Crippen LogP contribution in [0.15, 0.2) is 60.7 Å². The van der Waals surface area contributed by atoms with E-state index in [0.29, 0.717) is 36.7 Å². The van der Waals surface area contributed by atoms with E-state index in [9.17, 15) is 9.18 Å². The summed E-state index contributed by atoms with van der Waals surface area (Å²) in [5.74, 6) is 1.50. The molecule has 174 valence electrons. The van der Waals surface area contributed by atoms with E-state index < -0.39 is 0 Å². The number of amides is 1. The topological polar surface area (TPSA) is 84.6 Å². The van der Waals surface area contributed by atoms with Crippen LogP contribution in [0.4, 0.5) is 10.2 Å². The minimum absolute atomic E-state index is 0.0506. The highest BCUT2D eigenvalue weighted by atomic mass is 19.1. The molecule has 1 fully saturated rings. The number of para-hydroxylation sites is 1. The van der Waals surface area contributed by atoms with Crippen molar-refractivity contribution < 1.29 is 13.9 Å². The fraction of sp³-hybridized carbons (Fsp3) is 0.280. The van der Waals surface area contributed by atoms with Gasteiger partial charge in [0.05, 0.1) is 12.7 Å². The molecule has 1 amide bonds. The van der Waals surface area contributed by atoms with Gasteiger partial charge in [0, 0.05) is 31.1 Å². The summed E-state index contributed by atoms with van der Waals surface area (Å²) >= 11 is 0. The third kappa shape index (κ3) is 4.28. The molecule has 1 aliphatic rings. The second kappa shape index (κ2) is 9.46. The van der Waals surface area contributed by atoms with E-state index in [1.165, 1.54) is 6.07 Å². The van der Waals surface area contributed by atoms with Crippen LogP contribution in [-0.4, -0.2) is 45.9 Å². The summed E-state index contributed by atoms with van der Waals surface area (Å²) in [5.41, 5.74) is 1.85. The van der Waals surface area contributed by atoms with Crippen molar-refractivity contribution in [1.82, 2.24) is 25.1 Å². The Hall–Kier alpha value is -4.01. The molecule has 0 saturated carbocycles. The largest absolute Gasteiger partial charge is 0.496 e.